The number of amides is 1. The molecule has 0 radical (unpaired) electrons. The highest BCUT2D eigenvalue weighted by atomic mass is 16.5. The van der Waals surface area contributed by atoms with Gasteiger partial charge in [-0.2, -0.15) is 0 Å². The first-order chi connectivity index (χ1) is 14.2. The molecule has 2 N–H and O–H groups in total. The summed E-state index contributed by atoms with van der Waals surface area (Å²) in [6, 6.07) is 15.4. The van der Waals surface area contributed by atoms with Crippen LogP contribution in [0.25, 0.3) is 10.9 Å². The topological polar surface area (TPSA) is 83.7 Å². The minimum Gasteiger partial charge on any atom is -0.455 e. The summed E-state index contributed by atoms with van der Waals surface area (Å²) < 4.78 is 10.5. The molecule has 150 valence electrons. The van der Waals surface area contributed by atoms with Crippen LogP contribution in [0.2, 0.25) is 0 Å². The van der Waals surface area contributed by atoms with Gasteiger partial charge in [0, 0.05) is 41.6 Å². The summed E-state index contributed by atoms with van der Waals surface area (Å²) in [5.41, 5.74) is 3.58. The number of nitrogens with one attached hydrogen (secondary N) is 2. The Balaban J connectivity index is 1.25. The summed E-state index contributed by atoms with van der Waals surface area (Å²) in [6.07, 6.45) is 1.91. The van der Waals surface area contributed by atoms with Crippen molar-refractivity contribution in [2.75, 3.05) is 43.1 Å². The van der Waals surface area contributed by atoms with Crippen molar-refractivity contribution in [3.8, 4) is 0 Å². The number of rotatable bonds is 6. The van der Waals surface area contributed by atoms with Crippen LogP contribution in [-0.2, 0) is 25.5 Å². The Bertz CT molecular complexity index is 991. The number of para-hydroxylation sites is 1. The Labute approximate surface area is 168 Å². The fraction of sp³-hybridized carbons (Fsp3) is 0.273. The van der Waals surface area contributed by atoms with Gasteiger partial charge in [-0.25, -0.2) is 0 Å². The van der Waals surface area contributed by atoms with Gasteiger partial charge in [0.25, 0.3) is 5.91 Å². The number of hydrogen-bond acceptors (Lipinski definition) is 5. The number of benzene rings is 2. The third kappa shape index (κ3) is 4.75. The minimum absolute atomic E-state index is 0.117. The summed E-state index contributed by atoms with van der Waals surface area (Å²) in [7, 11) is 0. The van der Waals surface area contributed by atoms with Gasteiger partial charge in [0.1, 0.15) is 0 Å². The molecule has 7 nitrogen and oxygen atoms in total. The van der Waals surface area contributed by atoms with Gasteiger partial charge in [0.05, 0.1) is 19.6 Å². The van der Waals surface area contributed by atoms with Crippen molar-refractivity contribution in [2.45, 2.75) is 6.42 Å². The number of nitrogens with zero attached hydrogens (tertiary/aromatic N) is 1. The maximum atomic E-state index is 12.1. The molecule has 1 saturated heterocycles. The summed E-state index contributed by atoms with van der Waals surface area (Å²) in [5, 5.41) is 3.73. The number of morpholine rings is 1. The van der Waals surface area contributed by atoms with E-state index in [1.807, 2.05) is 48.5 Å². The molecule has 0 saturated carbocycles. The molecule has 0 bridgehead atoms. The predicted molar refractivity (Wildman–Crippen MR) is 111 cm³/mol. The quantitative estimate of drug-likeness (QED) is 0.629. The van der Waals surface area contributed by atoms with Crippen molar-refractivity contribution >= 4 is 34.2 Å². The van der Waals surface area contributed by atoms with E-state index in [0.717, 1.165) is 48.5 Å². The molecule has 0 unspecified atom stereocenters. The van der Waals surface area contributed by atoms with E-state index in [4.69, 9.17) is 9.47 Å². The number of ether oxygens (including phenoxy) is 2. The Morgan fingerprint density at radius 3 is 2.62 bits per heavy atom. The molecule has 2 heterocycles. The molecule has 4 rings (SSSR count). The first-order valence-corrected chi connectivity index (χ1v) is 9.62. The van der Waals surface area contributed by atoms with Crippen molar-refractivity contribution in [1.82, 2.24) is 4.98 Å². The van der Waals surface area contributed by atoms with Crippen LogP contribution >= 0.6 is 0 Å². The van der Waals surface area contributed by atoms with Gasteiger partial charge >= 0.3 is 5.97 Å². The molecule has 1 fully saturated rings. The summed E-state index contributed by atoms with van der Waals surface area (Å²) in [5.74, 6) is -0.802. The lowest BCUT2D eigenvalue weighted by Gasteiger charge is -2.28. The number of aromatic nitrogens is 1. The van der Waals surface area contributed by atoms with Crippen molar-refractivity contribution in [1.29, 1.82) is 0 Å². The van der Waals surface area contributed by atoms with E-state index in [2.05, 4.69) is 15.2 Å². The molecule has 0 spiro atoms. The molecule has 29 heavy (non-hydrogen) atoms. The van der Waals surface area contributed by atoms with E-state index >= 15 is 0 Å². The third-order valence-electron chi connectivity index (χ3n) is 4.90. The second kappa shape index (κ2) is 8.79. The monoisotopic (exact) mass is 393 g/mol. The fourth-order valence-electron chi connectivity index (χ4n) is 3.40. The Hall–Kier alpha value is -3.32. The molecule has 0 aliphatic carbocycles. The van der Waals surface area contributed by atoms with Crippen LogP contribution in [-0.4, -0.2) is 49.8 Å². The van der Waals surface area contributed by atoms with Crippen LogP contribution in [0.5, 0.6) is 0 Å². The fourth-order valence-corrected chi connectivity index (χ4v) is 3.40. The van der Waals surface area contributed by atoms with Crippen LogP contribution in [0.3, 0.4) is 0 Å². The van der Waals surface area contributed by atoms with E-state index in [-0.39, 0.29) is 18.9 Å². The summed E-state index contributed by atoms with van der Waals surface area (Å²) >= 11 is 0. The van der Waals surface area contributed by atoms with Crippen LogP contribution in [0.15, 0.2) is 54.7 Å². The molecule has 2 aromatic carbocycles. The highest BCUT2D eigenvalue weighted by molar-refractivity contribution is 5.93. The summed E-state index contributed by atoms with van der Waals surface area (Å²) in [6.45, 7) is 2.85. The zero-order valence-electron chi connectivity index (χ0n) is 16.0. The number of hydrogen-bond donors (Lipinski definition) is 2. The Morgan fingerprint density at radius 1 is 1.07 bits per heavy atom. The molecule has 7 heteroatoms. The SMILES string of the molecule is O=C(COC(=O)Cc1c[nH]c2ccccc12)Nc1ccc(N2CCOCC2)cc1. The first kappa shape index (κ1) is 19.0. The van der Waals surface area contributed by atoms with Gasteiger partial charge in [0.2, 0.25) is 0 Å². The summed E-state index contributed by atoms with van der Waals surface area (Å²) in [4.78, 5) is 29.6. The largest absolute Gasteiger partial charge is 0.455 e. The third-order valence-corrected chi connectivity index (χ3v) is 4.90. The molecule has 1 aliphatic heterocycles. The van der Waals surface area contributed by atoms with Gasteiger partial charge in [-0.3, -0.25) is 9.59 Å². The average Bonchev–Trinajstić information content (AvgIpc) is 3.16. The average molecular weight is 393 g/mol. The van der Waals surface area contributed by atoms with E-state index in [0.29, 0.717) is 5.69 Å². The van der Waals surface area contributed by atoms with Crippen LogP contribution in [0.1, 0.15) is 5.56 Å². The Kier molecular flexibility index (Phi) is 5.76. The second-order valence-electron chi connectivity index (χ2n) is 6.89. The van der Waals surface area contributed by atoms with E-state index in [1.165, 1.54) is 0 Å². The molecular weight excluding hydrogens is 370 g/mol. The first-order valence-electron chi connectivity index (χ1n) is 9.62. The molecule has 3 aromatic rings. The van der Waals surface area contributed by atoms with Crippen molar-refractivity contribution in [3.05, 3.63) is 60.3 Å². The number of H-pyrrole nitrogens is 1. The minimum atomic E-state index is -0.437. The van der Waals surface area contributed by atoms with Crippen LogP contribution in [0, 0.1) is 0 Å². The zero-order valence-corrected chi connectivity index (χ0v) is 16.0. The van der Waals surface area contributed by atoms with Crippen molar-refractivity contribution < 1.29 is 19.1 Å². The number of carbonyl (C=O) groups excluding carboxylic acids is 2. The molecule has 1 aliphatic rings. The van der Waals surface area contributed by atoms with E-state index < -0.39 is 5.97 Å². The maximum Gasteiger partial charge on any atom is 0.310 e. The zero-order chi connectivity index (χ0) is 20.1. The van der Waals surface area contributed by atoms with Gasteiger partial charge in [-0.1, -0.05) is 18.2 Å². The lowest BCUT2D eigenvalue weighted by atomic mass is 10.1. The van der Waals surface area contributed by atoms with Crippen LogP contribution in [0.4, 0.5) is 11.4 Å². The van der Waals surface area contributed by atoms with Gasteiger partial charge in [-0.15, -0.1) is 0 Å². The molecular formula is C22H23N3O4. The number of aromatic amines is 1. The Morgan fingerprint density at radius 2 is 1.83 bits per heavy atom. The van der Waals surface area contributed by atoms with Crippen molar-refractivity contribution in [3.63, 3.8) is 0 Å². The number of carbonyl (C=O) groups is 2. The van der Waals surface area contributed by atoms with Gasteiger partial charge in [0.15, 0.2) is 6.61 Å². The van der Waals surface area contributed by atoms with Crippen molar-refractivity contribution in [2.24, 2.45) is 0 Å². The van der Waals surface area contributed by atoms with Crippen LogP contribution < -0.4 is 10.2 Å². The van der Waals surface area contributed by atoms with E-state index in [9.17, 15) is 9.59 Å². The molecule has 0 atom stereocenters. The number of esters is 1. The predicted octanol–water partition coefficient (Wildman–Crippen LogP) is 2.73. The normalized spacial score (nSPS) is 14.0. The highest BCUT2D eigenvalue weighted by Crippen LogP contribution is 2.20. The lowest BCUT2D eigenvalue weighted by Crippen LogP contribution is -2.36. The highest BCUT2D eigenvalue weighted by Gasteiger charge is 2.13. The number of fused-ring (bicyclic) bond motifs is 1. The van der Waals surface area contributed by atoms with Gasteiger partial charge < -0.3 is 24.7 Å². The lowest BCUT2D eigenvalue weighted by molar-refractivity contribution is -0.146. The standard InChI is InChI=1S/C22H23N3O4/c26-21(24-17-5-7-18(8-6-17)25-9-11-28-12-10-25)15-29-22(27)13-16-14-23-20-4-2-1-3-19(16)20/h1-8,14,23H,9-13,15H2,(H,24,26). The smallest absolute Gasteiger partial charge is 0.310 e. The molecule has 1 amide bonds. The van der Waals surface area contributed by atoms with E-state index in [1.54, 1.807) is 6.20 Å². The van der Waals surface area contributed by atoms with Gasteiger partial charge in [-0.05, 0) is 35.9 Å². The molecule has 1 aromatic heterocycles. The second-order valence-corrected chi connectivity index (χ2v) is 6.89. The number of anilines is 2. The maximum absolute atomic E-state index is 12.1.